The number of carbonyl (C=O) groups excluding carboxylic acids is 2. The normalized spacial score (nSPS) is 14.7. The van der Waals surface area contributed by atoms with Crippen molar-refractivity contribution in [3.63, 3.8) is 0 Å². The van der Waals surface area contributed by atoms with E-state index in [0.29, 0.717) is 35.2 Å². The first-order valence-electron chi connectivity index (χ1n) is 10.9. The monoisotopic (exact) mass is 503 g/mol. The van der Waals surface area contributed by atoms with Crippen molar-refractivity contribution in [1.82, 2.24) is 9.80 Å². The zero-order valence-electron chi connectivity index (χ0n) is 20.6. The summed E-state index contributed by atoms with van der Waals surface area (Å²) in [6, 6.07) is 8.39. The number of nitrogens with zero attached hydrogens (tertiary/aromatic N) is 3. The van der Waals surface area contributed by atoms with Crippen LogP contribution in [-0.4, -0.2) is 76.5 Å². The molecule has 0 spiro atoms. The Balaban J connectivity index is 2.16. The number of hydrogen-bond donors (Lipinski definition) is 0. The molecule has 2 aromatic rings. The van der Waals surface area contributed by atoms with Gasteiger partial charge in [-0.2, -0.15) is 8.42 Å². The highest BCUT2D eigenvalue weighted by atomic mass is 32.2. The third-order valence-corrected chi connectivity index (χ3v) is 6.89. The maximum absolute atomic E-state index is 13.6. The van der Waals surface area contributed by atoms with E-state index in [9.17, 15) is 18.0 Å². The first-order chi connectivity index (χ1) is 16.5. The number of methoxy groups -OCH3 is 1. The van der Waals surface area contributed by atoms with Gasteiger partial charge in [-0.15, -0.1) is 0 Å². The predicted octanol–water partition coefficient (Wildman–Crippen LogP) is 3.02. The summed E-state index contributed by atoms with van der Waals surface area (Å²) < 4.78 is 40.6. The quantitative estimate of drug-likeness (QED) is 0.222. The fourth-order valence-electron chi connectivity index (χ4n) is 3.69. The maximum atomic E-state index is 13.6. The van der Waals surface area contributed by atoms with Crippen LogP contribution in [0.15, 0.2) is 41.4 Å². The molecule has 0 saturated carbocycles. The fourth-order valence-corrected chi connectivity index (χ4v) is 4.55. The van der Waals surface area contributed by atoms with Gasteiger partial charge >= 0.3 is 0 Å². The lowest BCUT2D eigenvalue weighted by molar-refractivity contribution is 0.0596. The molecule has 35 heavy (non-hydrogen) atoms. The van der Waals surface area contributed by atoms with Crippen LogP contribution in [-0.2, 0) is 14.3 Å². The van der Waals surface area contributed by atoms with Crippen LogP contribution in [0.4, 0.5) is 5.69 Å². The van der Waals surface area contributed by atoms with Gasteiger partial charge in [-0.25, -0.2) is 4.99 Å². The molecule has 2 aromatic carbocycles. The third-order valence-electron chi connectivity index (χ3n) is 5.65. The molecule has 0 aromatic heterocycles. The van der Waals surface area contributed by atoms with Crippen LogP contribution in [0.5, 0.6) is 11.5 Å². The number of fused-ring (bicyclic) bond motifs is 1. The van der Waals surface area contributed by atoms with E-state index >= 15 is 0 Å². The number of rotatable bonds is 9. The average Bonchev–Trinajstić information content (AvgIpc) is 3.08. The minimum Gasteiger partial charge on any atom is -0.493 e. The van der Waals surface area contributed by atoms with Gasteiger partial charge in [0.25, 0.3) is 21.9 Å². The molecule has 0 fully saturated rings. The zero-order chi connectivity index (χ0) is 25.9. The van der Waals surface area contributed by atoms with E-state index in [0.717, 1.165) is 12.0 Å². The molecule has 1 aliphatic heterocycles. The van der Waals surface area contributed by atoms with Gasteiger partial charge in [-0.1, -0.05) is 12.1 Å². The van der Waals surface area contributed by atoms with Crippen LogP contribution >= 0.6 is 0 Å². The van der Waals surface area contributed by atoms with Crippen molar-refractivity contribution in [2.24, 2.45) is 4.99 Å². The molecule has 1 aliphatic rings. The summed E-state index contributed by atoms with van der Waals surface area (Å²) in [5.41, 5.74) is 0.977. The number of amidine groups is 1. The number of amides is 2. The molecule has 0 N–H and O–H groups in total. The average molecular weight is 504 g/mol. The number of carbonyl (C=O) groups is 2. The Bertz CT molecular complexity index is 1270. The predicted molar refractivity (Wildman–Crippen MR) is 131 cm³/mol. The summed E-state index contributed by atoms with van der Waals surface area (Å²) in [4.78, 5) is 34.3. The van der Waals surface area contributed by atoms with Gasteiger partial charge < -0.3 is 14.4 Å². The lowest BCUT2D eigenvalue weighted by Gasteiger charge is -2.27. The fraction of sp³-hybridized carbons (Fsp3) is 0.375. The first-order valence-corrected chi connectivity index (χ1v) is 12.4. The van der Waals surface area contributed by atoms with E-state index < -0.39 is 33.7 Å². The molecule has 10 nitrogen and oxygen atoms in total. The number of benzene rings is 2. The molecule has 188 valence electrons. The lowest BCUT2D eigenvalue weighted by Crippen LogP contribution is -2.38. The van der Waals surface area contributed by atoms with Gasteiger partial charge in [0.15, 0.2) is 11.5 Å². The molecule has 2 amide bonds. The highest BCUT2D eigenvalue weighted by molar-refractivity contribution is 7.86. The van der Waals surface area contributed by atoms with Crippen molar-refractivity contribution in [2.45, 2.75) is 19.9 Å². The smallest absolute Gasteiger partial charge is 0.269 e. The van der Waals surface area contributed by atoms with Crippen molar-refractivity contribution in [2.75, 3.05) is 40.7 Å². The SMILES string of the molecule is CCOc1cc(C(CS(=O)(=O)OC)N2C(=O)c3cccc(N=C(C)N(C)C)c3C2=O)ccc1OC. The summed E-state index contributed by atoms with van der Waals surface area (Å²) >= 11 is 0. The molecule has 3 rings (SSSR count). The van der Waals surface area contributed by atoms with E-state index in [2.05, 4.69) is 9.18 Å². The van der Waals surface area contributed by atoms with Gasteiger partial charge in [-0.3, -0.25) is 18.7 Å². The van der Waals surface area contributed by atoms with E-state index in [1.54, 1.807) is 49.1 Å². The van der Waals surface area contributed by atoms with Gasteiger partial charge in [0.05, 0.1) is 43.7 Å². The maximum Gasteiger partial charge on any atom is 0.269 e. The summed E-state index contributed by atoms with van der Waals surface area (Å²) in [6.45, 7) is 3.90. The summed E-state index contributed by atoms with van der Waals surface area (Å²) in [5.74, 6) is -0.469. The van der Waals surface area contributed by atoms with Crippen LogP contribution in [0, 0.1) is 0 Å². The third kappa shape index (κ3) is 5.30. The number of hydrogen-bond acceptors (Lipinski definition) is 8. The first kappa shape index (κ1) is 26.2. The second-order valence-corrected chi connectivity index (χ2v) is 9.77. The zero-order valence-corrected chi connectivity index (χ0v) is 21.4. The Morgan fingerprint density at radius 2 is 1.80 bits per heavy atom. The Kier molecular flexibility index (Phi) is 7.81. The number of ether oxygens (including phenoxy) is 2. The second-order valence-electron chi connectivity index (χ2n) is 7.98. The molecule has 0 bridgehead atoms. The Morgan fingerprint density at radius 1 is 1.09 bits per heavy atom. The number of imide groups is 1. The van der Waals surface area contributed by atoms with Crippen molar-refractivity contribution in [3.05, 3.63) is 53.1 Å². The minimum atomic E-state index is -4.07. The Hall–Kier alpha value is -3.44. The van der Waals surface area contributed by atoms with Crippen LogP contribution in [0.1, 0.15) is 46.2 Å². The van der Waals surface area contributed by atoms with Crippen molar-refractivity contribution in [3.8, 4) is 11.5 Å². The van der Waals surface area contributed by atoms with Crippen LogP contribution < -0.4 is 9.47 Å². The Morgan fingerprint density at radius 3 is 2.40 bits per heavy atom. The van der Waals surface area contributed by atoms with Crippen molar-refractivity contribution < 1.29 is 31.7 Å². The van der Waals surface area contributed by atoms with Crippen molar-refractivity contribution in [1.29, 1.82) is 0 Å². The highest BCUT2D eigenvalue weighted by Crippen LogP contribution is 2.39. The number of aliphatic imine (C=N–C) groups is 1. The van der Waals surface area contributed by atoms with E-state index in [1.165, 1.54) is 13.2 Å². The Labute approximate surface area is 205 Å². The lowest BCUT2D eigenvalue weighted by atomic mass is 10.1. The highest BCUT2D eigenvalue weighted by Gasteiger charge is 2.44. The topological polar surface area (TPSA) is 115 Å². The van der Waals surface area contributed by atoms with E-state index in [1.807, 2.05) is 14.1 Å². The van der Waals surface area contributed by atoms with Gasteiger partial charge in [-0.05, 0) is 43.7 Å². The summed E-state index contributed by atoms with van der Waals surface area (Å²) in [7, 11) is 2.06. The molecule has 0 radical (unpaired) electrons. The second kappa shape index (κ2) is 10.4. The van der Waals surface area contributed by atoms with E-state index in [4.69, 9.17) is 9.47 Å². The molecular formula is C24H29N3O7S. The molecule has 1 atom stereocenters. The molecular weight excluding hydrogens is 474 g/mol. The van der Waals surface area contributed by atoms with Gasteiger partial charge in [0, 0.05) is 14.1 Å². The van der Waals surface area contributed by atoms with Crippen LogP contribution in [0.2, 0.25) is 0 Å². The van der Waals surface area contributed by atoms with Crippen molar-refractivity contribution >= 4 is 33.5 Å². The van der Waals surface area contributed by atoms with Crippen LogP contribution in [0.3, 0.4) is 0 Å². The van der Waals surface area contributed by atoms with Gasteiger partial charge in [0.2, 0.25) is 0 Å². The molecule has 0 saturated heterocycles. The summed E-state index contributed by atoms with van der Waals surface area (Å²) in [6.07, 6.45) is 0. The minimum absolute atomic E-state index is 0.122. The molecule has 0 aliphatic carbocycles. The largest absolute Gasteiger partial charge is 0.493 e. The van der Waals surface area contributed by atoms with E-state index in [-0.39, 0.29) is 11.1 Å². The molecule has 11 heteroatoms. The molecule has 1 unspecified atom stereocenters. The standard InChI is InChI=1S/C24H29N3O7S/c1-7-34-21-13-16(11-12-20(21)32-5)19(14-35(30,31)33-6)27-23(28)17-9-8-10-18(22(17)24(27)29)25-15(2)26(3)4/h8-13,19H,7,14H2,1-6H3. The summed E-state index contributed by atoms with van der Waals surface area (Å²) in [5, 5.41) is 0. The molecule has 1 heterocycles. The van der Waals surface area contributed by atoms with Gasteiger partial charge in [0.1, 0.15) is 11.6 Å². The van der Waals surface area contributed by atoms with Crippen LogP contribution in [0.25, 0.3) is 0 Å².